The van der Waals surface area contributed by atoms with Gasteiger partial charge in [0.2, 0.25) is 0 Å². The van der Waals surface area contributed by atoms with Gasteiger partial charge in [-0.25, -0.2) is 0 Å². The summed E-state index contributed by atoms with van der Waals surface area (Å²) < 4.78 is 0. The molecule has 3 N–H and O–H groups in total. The van der Waals surface area contributed by atoms with Crippen LogP contribution in [0.2, 0.25) is 0 Å². The summed E-state index contributed by atoms with van der Waals surface area (Å²) in [6.07, 6.45) is 0. The summed E-state index contributed by atoms with van der Waals surface area (Å²) in [5.74, 6) is 1.14. The van der Waals surface area contributed by atoms with Crippen LogP contribution in [0.5, 0.6) is 0 Å². The first-order valence-corrected chi connectivity index (χ1v) is 6.11. The average Bonchev–Trinajstić information content (AvgIpc) is 2.26. The van der Waals surface area contributed by atoms with Gasteiger partial charge >= 0.3 is 0 Å². The molecule has 2 nitrogen and oxygen atoms in total. The Morgan fingerprint density at radius 1 is 1.06 bits per heavy atom. The molecule has 0 saturated carbocycles. The second kappa shape index (κ2) is 5.90. The third-order valence-electron chi connectivity index (χ3n) is 2.99. The topological polar surface area (TPSA) is 38.0 Å². The van der Waals surface area contributed by atoms with Crippen LogP contribution in [0.25, 0.3) is 0 Å². The summed E-state index contributed by atoms with van der Waals surface area (Å²) in [5.41, 5.74) is 8.27. The molecule has 0 saturated heterocycles. The lowest BCUT2D eigenvalue weighted by atomic mass is 10.0. The van der Waals surface area contributed by atoms with E-state index in [-0.39, 0.29) is 0 Å². The second-order valence-electron chi connectivity index (χ2n) is 5.01. The van der Waals surface area contributed by atoms with Gasteiger partial charge in [-0.3, -0.25) is 0 Å². The average molecular weight is 220 g/mol. The first-order valence-electron chi connectivity index (χ1n) is 6.11. The molecule has 1 atom stereocenters. The third kappa shape index (κ3) is 3.53. The lowest BCUT2D eigenvalue weighted by Crippen LogP contribution is -2.33. The molecule has 90 valence electrons. The Morgan fingerprint density at radius 2 is 1.62 bits per heavy atom. The Bertz CT molecular complexity index is 301. The number of anilines is 1. The van der Waals surface area contributed by atoms with Crippen molar-refractivity contribution in [3.8, 4) is 0 Å². The van der Waals surface area contributed by atoms with E-state index in [4.69, 9.17) is 5.73 Å². The van der Waals surface area contributed by atoms with Crippen molar-refractivity contribution in [1.82, 2.24) is 0 Å². The standard InChI is InChI=1S/C14H24N2/c1-10(2)12-5-7-13(8-6-12)16-14(9-15)11(3)4/h5-8,10-11,14,16H,9,15H2,1-4H3. The van der Waals surface area contributed by atoms with Gasteiger partial charge in [0.15, 0.2) is 0 Å². The van der Waals surface area contributed by atoms with Crippen LogP contribution in [-0.2, 0) is 0 Å². The van der Waals surface area contributed by atoms with Crippen LogP contribution in [0.3, 0.4) is 0 Å². The summed E-state index contributed by atoms with van der Waals surface area (Å²) in [5, 5.41) is 3.47. The van der Waals surface area contributed by atoms with Crippen LogP contribution in [0.15, 0.2) is 24.3 Å². The molecule has 0 bridgehead atoms. The van der Waals surface area contributed by atoms with E-state index in [1.165, 1.54) is 5.56 Å². The molecule has 0 radical (unpaired) electrons. The van der Waals surface area contributed by atoms with Gasteiger partial charge in [0.25, 0.3) is 0 Å². The van der Waals surface area contributed by atoms with E-state index in [1.54, 1.807) is 0 Å². The van der Waals surface area contributed by atoms with Crippen molar-refractivity contribution >= 4 is 5.69 Å². The monoisotopic (exact) mass is 220 g/mol. The van der Waals surface area contributed by atoms with Crippen LogP contribution >= 0.6 is 0 Å². The normalized spacial score (nSPS) is 13.2. The first-order chi connectivity index (χ1) is 7.54. The largest absolute Gasteiger partial charge is 0.381 e. The van der Waals surface area contributed by atoms with Crippen LogP contribution in [-0.4, -0.2) is 12.6 Å². The number of nitrogens with two attached hydrogens (primary N) is 1. The molecule has 1 aromatic carbocycles. The molecular weight excluding hydrogens is 196 g/mol. The molecule has 2 heteroatoms. The smallest absolute Gasteiger partial charge is 0.0406 e. The zero-order chi connectivity index (χ0) is 12.1. The maximum atomic E-state index is 5.74. The fourth-order valence-corrected chi connectivity index (χ4v) is 1.68. The number of hydrogen-bond donors (Lipinski definition) is 2. The zero-order valence-electron chi connectivity index (χ0n) is 10.8. The van der Waals surface area contributed by atoms with Crippen molar-refractivity contribution in [1.29, 1.82) is 0 Å². The Hall–Kier alpha value is -1.02. The summed E-state index contributed by atoms with van der Waals surface area (Å²) >= 11 is 0. The van der Waals surface area contributed by atoms with Gasteiger partial charge in [0.05, 0.1) is 0 Å². The van der Waals surface area contributed by atoms with Crippen LogP contribution in [0.4, 0.5) is 5.69 Å². The zero-order valence-corrected chi connectivity index (χ0v) is 10.8. The van der Waals surface area contributed by atoms with Gasteiger partial charge in [-0.15, -0.1) is 0 Å². The van der Waals surface area contributed by atoms with E-state index in [2.05, 4.69) is 57.3 Å². The molecule has 16 heavy (non-hydrogen) atoms. The number of hydrogen-bond acceptors (Lipinski definition) is 2. The SMILES string of the molecule is CC(C)c1ccc(NC(CN)C(C)C)cc1. The van der Waals surface area contributed by atoms with Gasteiger partial charge in [-0.05, 0) is 29.5 Å². The fraction of sp³-hybridized carbons (Fsp3) is 0.571. The maximum Gasteiger partial charge on any atom is 0.0406 e. The molecule has 0 spiro atoms. The van der Waals surface area contributed by atoms with E-state index in [9.17, 15) is 0 Å². The maximum absolute atomic E-state index is 5.74. The third-order valence-corrected chi connectivity index (χ3v) is 2.99. The van der Waals surface area contributed by atoms with E-state index < -0.39 is 0 Å². The highest BCUT2D eigenvalue weighted by molar-refractivity contribution is 5.46. The molecule has 0 aliphatic heterocycles. The summed E-state index contributed by atoms with van der Waals surface area (Å²) in [6, 6.07) is 8.99. The van der Waals surface area contributed by atoms with Crippen LogP contribution < -0.4 is 11.1 Å². The van der Waals surface area contributed by atoms with E-state index in [1.807, 2.05) is 0 Å². The minimum absolute atomic E-state index is 0.352. The predicted octanol–water partition coefficient (Wildman–Crippen LogP) is 3.21. The molecule has 0 aromatic heterocycles. The van der Waals surface area contributed by atoms with E-state index in [0.717, 1.165) is 5.69 Å². The van der Waals surface area contributed by atoms with E-state index >= 15 is 0 Å². The number of rotatable bonds is 5. The Kier molecular flexibility index (Phi) is 4.81. The Morgan fingerprint density at radius 3 is 2.00 bits per heavy atom. The second-order valence-corrected chi connectivity index (χ2v) is 5.01. The van der Waals surface area contributed by atoms with Crippen molar-refractivity contribution in [3.05, 3.63) is 29.8 Å². The molecule has 1 rings (SSSR count). The van der Waals surface area contributed by atoms with Crippen molar-refractivity contribution in [2.24, 2.45) is 11.7 Å². The lowest BCUT2D eigenvalue weighted by molar-refractivity contribution is 0.531. The van der Waals surface area contributed by atoms with Crippen LogP contribution in [0.1, 0.15) is 39.2 Å². The van der Waals surface area contributed by atoms with E-state index in [0.29, 0.717) is 24.4 Å². The van der Waals surface area contributed by atoms with Gasteiger partial charge < -0.3 is 11.1 Å². The molecular formula is C14H24N2. The highest BCUT2D eigenvalue weighted by Gasteiger charge is 2.10. The van der Waals surface area contributed by atoms with Gasteiger partial charge in [0, 0.05) is 18.3 Å². The van der Waals surface area contributed by atoms with Crippen molar-refractivity contribution < 1.29 is 0 Å². The quantitative estimate of drug-likeness (QED) is 0.799. The fourth-order valence-electron chi connectivity index (χ4n) is 1.68. The van der Waals surface area contributed by atoms with Crippen LogP contribution in [0, 0.1) is 5.92 Å². The minimum Gasteiger partial charge on any atom is -0.381 e. The molecule has 0 amide bonds. The molecule has 0 heterocycles. The summed E-state index contributed by atoms with van der Waals surface area (Å²) in [7, 11) is 0. The molecule has 1 unspecified atom stereocenters. The summed E-state index contributed by atoms with van der Waals surface area (Å²) in [4.78, 5) is 0. The molecule has 0 fully saturated rings. The predicted molar refractivity (Wildman–Crippen MR) is 71.8 cm³/mol. The number of nitrogens with one attached hydrogen (secondary N) is 1. The minimum atomic E-state index is 0.352. The Labute approximate surface area is 99.2 Å². The van der Waals surface area contributed by atoms with Crippen molar-refractivity contribution in [3.63, 3.8) is 0 Å². The number of benzene rings is 1. The van der Waals surface area contributed by atoms with Crippen molar-refractivity contribution in [2.75, 3.05) is 11.9 Å². The van der Waals surface area contributed by atoms with Gasteiger partial charge in [-0.1, -0.05) is 39.8 Å². The van der Waals surface area contributed by atoms with Crippen molar-refractivity contribution in [2.45, 2.75) is 39.7 Å². The molecule has 0 aliphatic rings. The lowest BCUT2D eigenvalue weighted by Gasteiger charge is -2.22. The highest BCUT2D eigenvalue weighted by atomic mass is 14.9. The van der Waals surface area contributed by atoms with Gasteiger partial charge in [-0.2, -0.15) is 0 Å². The highest BCUT2D eigenvalue weighted by Crippen LogP contribution is 2.18. The summed E-state index contributed by atoms with van der Waals surface area (Å²) in [6.45, 7) is 9.46. The van der Waals surface area contributed by atoms with Gasteiger partial charge in [0.1, 0.15) is 0 Å². The molecule has 1 aromatic rings. The molecule has 0 aliphatic carbocycles. The first kappa shape index (κ1) is 13.0. The Balaban J connectivity index is 2.67.